The Hall–Kier alpha value is -2.89. The monoisotopic (exact) mass is 565 g/mol. The summed E-state index contributed by atoms with van der Waals surface area (Å²) >= 11 is 3.30. The molecule has 11 heteroatoms. The number of aryl methyl sites for hydroxylation is 2. The summed E-state index contributed by atoms with van der Waals surface area (Å²) in [5.74, 6) is -0.579. The second-order valence-electron chi connectivity index (χ2n) is 7.72. The molecule has 0 radical (unpaired) electrons. The molecule has 0 spiro atoms. The van der Waals surface area contributed by atoms with Gasteiger partial charge in [-0.2, -0.15) is 0 Å². The van der Waals surface area contributed by atoms with Crippen molar-refractivity contribution in [2.45, 2.75) is 18.7 Å². The topological polar surface area (TPSA) is 113 Å². The van der Waals surface area contributed by atoms with Crippen molar-refractivity contribution in [2.75, 3.05) is 27.1 Å². The van der Waals surface area contributed by atoms with E-state index >= 15 is 0 Å². The number of para-hydroxylation sites is 1. The molecule has 3 aromatic carbocycles. The number of carbonyl (C=O) groups is 1. The molecule has 180 valence electrons. The molecule has 0 aliphatic rings. The van der Waals surface area contributed by atoms with Gasteiger partial charge >= 0.3 is 0 Å². The summed E-state index contributed by atoms with van der Waals surface area (Å²) in [6.07, 6.45) is 1.02. The van der Waals surface area contributed by atoms with Crippen molar-refractivity contribution in [1.82, 2.24) is 0 Å². The van der Waals surface area contributed by atoms with Crippen molar-refractivity contribution in [3.05, 3.63) is 82.3 Å². The van der Waals surface area contributed by atoms with Crippen molar-refractivity contribution in [2.24, 2.45) is 0 Å². The first-order chi connectivity index (χ1) is 15.9. The fourth-order valence-corrected chi connectivity index (χ4v) is 5.83. The minimum absolute atomic E-state index is 0.0245. The van der Waals surface area contributed by atoms with Crippen LogP contribution in [0.4, 0.5) is 17.1 Å². The Balaban J connectivity index is 1.73. The molecule has 0 heterocycles. The molecule has 3 aromatic rings. The Morgan fingerprint density at radius 2 is 1.59 bits per heavy atom. The smallest absolute Gasteiger partial charge is 0.261 e. The number of hydrogen-bond donors (Lipinski definition) is 2. The summed E-state index contributed by atoms with van der Waals surface area (Å²) in [5.41, 5.74) is 2.97. The second kappa shape index (κ2) is 10.2. The number of anilines is 3. The van der Waals surface area contributed by atoms with E-state index in [1.807, 2.05) is 26.0 Å². The molecule has 8 nitrogen and oxygen atoms in total. The van der Waals surface area contributed by atoms with Gasteiger partial charge in [0, 0.05) is 10.2 Å². The quantitative estimate of drug-likeness (QED) is 0.423. The molecule has 0 fully saturated rings. The van der Waals surface area contributed by atoms with Crippen LogP contribution in [0.2, 0.25) is 0 Å². The molecule has 0 aliphatic carbocycles. The van der Waals surface area contributed by atoms with Gasteiger partial charge in [0.05, 0.1) is 22.5 Å². The molecular formula is C23H24BrN3O5S2. The third-order valence-corrected chi connectivity index (χ3v) is 8.06. The third-order valence-electron chi connectivity index (χ3n) is 4.88. The first-order valence-corrected chi connectivity index (χ1v) is 14.2. The number of amides is 1. The van der Waals surface area contributed by atoms with Gasteiger partial charge in [0.25, 0.3) is 10.0 Å². The van der Waals surface area contributed by atoms with Gasteiger partial charge in [-0.1, -0.05) is 29.8 Å². The molecule has 0 aliphatic heterocycles. The highest BCUT2D eigenvalue weighted by molar-refractivity contribution is 9.10. The van der Waals surface area contributed by atoms with E-state index in [1.165, 1.54) is 24.3 Å². The minimum Gasteiger partial charge on any atom is -0.325 e. The minimum atomic E-state index is -3.83. The van der Waals surface area contributed by atoms with Gasteiger partial charge in [-0.25, -0.2) is 16.8 Å². The number of sulfonamides is 2. The Kier molecular flexibility index (Phi) is 7.69. The summed E-state index contributed by atoms with van der Waals surface area (Å²) < 4.78 is 54.1. The Morgan fingerprint density at radius 3 is 2.18 bits per heavy atom. The molecule has 0 saturated carbocycles. The lowest BCUT2D eigenvalue weighted by molar-refractivity contribution is -0.114. The predicted molar refractivity (Wildman–Crippen MR) is 138 cm³/mol. The van der Waals surface area contributed by atoms with Gasteiger partial charge in [0.15, 0.2) is 0 Å². The zero-order valence-corrected chi connectivity index (χ0v) is 22.0. The number of halogens is 1. The van der Waals surface area contributed by atoms with Crippen molar-refractivity contribution in [1.29, 1.82) is 0 Å². The fraction of sp³-hybridized carbons (Fsp3) is 0.174. The maximum absolute atomic E-state index is 12.7. The molecule has 0 bridgehead atoms. The molecule has 0 atom stereocenters. The number of benzene rings is 3. The van der Waals surface area contributed by atoms with Crippen LogP contribution in [0.1, 0.15) is 11.1 Å². The van der Waals surface area contributed by atoms with Crippen LogP contribution in [-0.2, 0) is 24.8 Å². The molecule has 1 amide bonds. The zero-order chi connectivity index (χ0) is 25.1. The number of nitrogens with zero attached hydrogens (tertiary/aromatic N) is 1. The highest BCUT2D eigenvalue weighted by Gasteiger charge is 2.23. The zero-order valence-electron chi connectivity index (χ0n) is 18.7. The standard InChI is InChI=1S/C23H24BrN3O5S2/c1-16-8-13-21(17(2)14-16)26-34(31,32)19-11-9-18(10-12-19)25-23(28)15-27(33(3,29)30)22-7-5-4-6-20(22)24/h4-14,26H,15H2,1-3H3,(H,25,28). The average molecular weight is 566 g/mol. The van der Waals surface area contributed by atoms with E-state index in [2.05, 4.69) is 26.0 Å². The lowest BCUT2D eigenvalue weighted by atomic mass is 10.1. The molecular weight excluding hydrogens is 542 g/mol. The van der Waals surface area contributed by atoms with Gasteiger partial charge < -0.3 is 5.32 Å². The van der Waals surface area contributed by atoms with E-state index in [1.54, 1.807) is 30.3 Å². The molecule has 2 N–H and O–H groups in total. The van der Waals surface area contributed by atoms with Gasteiger partial charge in [-0.15, -0.1) is 0 Å². The van der Waals surface area contributed by atoms with Gasteiger partial charge in [0.1, 0.15) is 6.54 Å². The molecule has 34 heavy (non-hydrogen) atoms. The largest absolute Gasteiger partial charge is 0.325 e. The van der Waals surface area contributed by atoms with Crippen LogP contribution in [-0.4, -0.2) is 35.5 Å². The summed E-state index contributed by atoms with van der Waals surface area (Å²) in [6, 6.07) is 17.7. The van der Waals surface area contributed by atoms with E-state index in [9.17, 15) is 21.6 Å². The first-order valence-electron chi connectivity index (χ1n) is 10.1. The first kappa shape index (κ1) is 25.7. The molecule has 0 unspecified atom stereocenters. The van der Waals surface area contributed by atoms with Crippen LogP contribution in [0.3, 0.4) is 0 Å². The molecule has 0 aromatic heterocycles. The summed E-state index contributed by atoms with van der Waals surface area (Å²) in [5, 5.41) is 2.60. The van der Waals surface area contributed by atoms with Crippen LogP contribution in [0.15, 0.2) is 76.1 Å². The van der Waals surface area contributed by atoms with Crippen LogP contribution in [0.5, 0.6) is 0 Å². The van der Waals surface area contributed by atoms with E-state index < -0.39 is 32.5 Å². The Bertz CT molecular complexity index is 1420. The average Bonchev–Trinajstić information content (AvgIpc) is 2.74. The van der Waals surface area contributed by atoms with Crippen molar-refractivity contribution < 1.29 is 21.6 Å². The van der Waals surface area contributed by atoms with Crippen molar-refractivity contribution in [3.63, 3.8) is 0 Å². The SMILES string of the molecule is Cc1ccc(NS(=O)(=O)c2ccc(NC(=O)CN(c3ccccc3Br)S(C)(=O)=O)cc2)c(C)c1. The van der Waals surface area contributed by atoms with E-state index in [-0.39, 0.29) is 4.90 Å². The highest BCUT2D eigenvalue weighted by Crippen LogP contribution is 2.27. The fourth-order valence-electron chi connectivity index (χ4n) is 3.22. The molecule has 3 rings (SSSR count). The summed E-state index contributed by atoms with van der Waals surface area (Å²) in [4.78, 5) is 12.6. The highest BCUT2D eigenvalue weighted by atomic mass is 79.9. The van der Waals surface area contributed by atoms with E-state index in [4.69, 9.17) is 0 Å². The Labute approximate surface area is 208 Å². The lowest BCUT2D eigenvalue weighted by Gasteiger charge is -2.23. The Morgan fingerprint density at radius 1 is 0.941 bits per heavy atom. The van der Waals surface area contributed by atoms with Crippen LogP contribution in [0.25, 0.3) is 0 Å². The number of hydrogen-bond acceptors (Lipinski definition) is 5. The van der Waals surface area contributed by atoms with E-state index in [0.29, 0.717) is 21.5 Å². The van der Waals surface area contributed by atoms with Crippen LogP contribution in [0, 0.1) is 13.8 Å². The van der Waals surface area contributed by atoms with Crippen LogP contribution >= 0.6 is 15.9 Å². The van der Waals surface area contributed by atoms with Crippen molar-refractivity contribution >= 4 is 58.9 Å². The summed E-state index contributed by atoms with van der Waals surface area (Å²) in [6.45, 7) is 3.29. The van der Waals surface area contributed by atoms with Gasteiger partial charge in [0.2, 0.25) is 15.9 Å². The number of carbonyl (C=O) groups excluding carboxylic acids is 1. The number of nitrogens with one attached hydrogen (secondary N) is 2. The van der Waals surface area contributed by atoms with Crippen LogP contribution < -0.4 is 14.3 Å². The predicted octanol–water partition coefficient (Wildman–Crippen LogP) is 4.27. The van der Waals surface area contributed by atoms with Gasteiger partial charge in [-0.3, -0.25) is 13.8 Å². The maximum atomic E-state index is 12.7. The number of rotatable bonds is 8. The maximum Gasteiger partial charge on any atom is 0.261 e. The second-order valence-corrected chi connectivity index (χ2v) is 12.2. The van der Waals surface area contributed by atoms with Crippen molar-refractivity contribution in [3.8, 4) is 0 Å². The van der Waals surface area contributed by atoms with E-state index in [0.717, 1.165) is 21.7 Å². The van der Waals surface area contributed by atoms with Gasteiger partial charge in [-0.05, 0) is 77.8 Å². The normalized spacial score (nSPS) is 11.6. The third kappa shape index (κ3) is 6.37. The lowest BCUT2D eigenvalue weighted by Crippen LogP contribution is -2.37. The molecule has 0 saturated heterocycles. The summed E-state index contributed by atoms with van der Waals surface area (Å²) in [7, 11) is -7.56.